The molecule has 0 aliphatic carbocycles. The second kappa shape index (κ2) is 8.08. The molecule has 2 unspecified atom stereocenters. The lowest BCUT2D eigenvalue weighted by Gasteiger charge is -2.27. The summed E-state index contributed by atoms with van der Waals surface area (Å²) in [5.41, 5.74) is 0. The topological polar surface area (TPSA) is 15.7 Å². The van der Waals surface area contributed by atoms with Crippen LogP contribution in [0.3, 0.4) is 0 Å². The smallest absolute Gasteiger partial charge is 0.0703 e. The predicted molar refractivity (Wildman–Crippen MR) is 66.4 cm³/mol. The van der Waals surface area contributed by atoms with E-state index in [1.54, 1.807) is 0 Å². The van der Waals surface area contributed by atoms with E-state index in [9.17, 15) is 0 Å². The minimum Gasteiger partial charge on any atom is -0.372 e. The summed E-state index contributed by atoms with van der Waals surface area (Å²) < 4.78 is 6.09. The van der Waals surface area contributed by atoms with Crippen molar-refractivity contribution in [2.24, 2.45) is 0 Å². The molecule has 0 spiro atoms. The fourth-order valence-corrected chi connectivity index (χ4v) is 1.62. The summed E-state index contributed by atoms with van der Waals surface area (Å²) in [5, 5.41) is 0. The van der Waals surface area contributed by atoms with Crippen molar-refractivity contribution in [3.05, 3.63) is 0 Å². The summed E-state index contributed by atoms with van der Waals surface area (Å²) in [6.45, 7) is 6.41. The summed E-state index contributed by atoms with van der Waals surface area (Å²) in [7, 11) is 8.38. The van der Waals surface area contributed by atoms with E-state index in [0.717, 1.165) is 25.9 Å². The summed E-state index contributed by atoms with van der Waals surface area (Å²) in [6.07, 6.45) is 2.90. The monoisotopic (exact) mass is 216 g/mol. The second-order valence-electron chi connectivity index (χ2n) is 4.72. The van der Waals surface area contributed by atoms with E-state index < -0.39 is 0 Å². The van der Waals surface area contributed by atoms with Crippen molar-refractivity contribution in [2.45, 2.75) is 38.9 Å². The van der Waals surface area contributed by atoms with Crippen LogP contribution < -0.4 is 0 Å². The Morgan fingerprint density at radius 3 is 1.33 bits per heavy atom. The molecule has 0 radical (unpaired) electrons. The van der Waals surface area contributed by atoms with E-state index in [4.69, 9.17) is 4.74 Å². The van der Waals surface area contributed by atoms with E-state index in [2.05, 4.69) is 51.8 Å². The second-order valence-corrected chi connectivity index (χ2v) is 4.72. The van der Waals surface area contributed by atoms with Crippen molar-refractivity contribution in [1.82, 2.24) is 9.80 Å². The van der Waals surface area contributed by atoms with Gasteiger partial charge in [-0.1, -0.05) is 13.8 Å². The maximum atomic E-state index is 6.09. The van der Waals surface area contributed by atoms with Gasteiger partial charge in [0.25, 0.3) is 0 Å². The van der Waals surface area contributed by atoms with Gasteiger partial charge in [0.1, 0.15) is 0 Å². The van der Waals surface area contributed by atoms with Crippen LogP contribution in [0.25, 0.3) is 0 Å². The number of hydrogen-bond donors (Lipinski definition) is 0. The molecule has 3 heteroatoms. The molecule has 0 bridgehead atoms. The Kier molecular flexibility index (Phi) is 8.02. The lowest BCUT2D eigenvalue weighted by Crippen LogP contribution is -2.35. The summed E-state index contributed by atoms with van der Waals surface area (Å²) in [6, 6.07) is 0. The highest BCUT2D eigenvalue weighted by molar-refractivity contribution is 4.65. The quantitative estimate of drug-likeness (QED) is 0.614. The van der Waals surface area contributed by atoms with Crippen LogP contribution >= 0.6 is 0 Å². The zero-order valence-electron chi connectivity index (χ0n) is 11.3. The van der Waals surface area contributed by atoms with Crippen LogP contribution in [0.15, 0.2) is 0 Å². The molecule has 0 amide bonds. The van der Waals surface area contributed by atoms with Gasteiger partial charge in [-0.15, -0.1) is 0 Å². The van der Waals surface area contributed by atoms with Crippen molar-refractivity contribution in [2.75, 3.05) is 41.3 Å². The van der Waals surface area contributed by atoms with Crippen molar-refractivity contribution in [3.63, 3.8) is 0 Å². The fourth-order valence-electron chi connectivity index (χ4n) is 1.62. The Hall–Kier alpha value is -0.120. The standard InChI is InChI=1S/C12H28N2O/c1-7-11(9-13(3)4)15-12(8-2)10-14(5)6/h11-12H,7-10H2,1-6H3. The molecule has 0 fully saturated rings. The molecule has 0 saturated heterocycles. The Morgan fingerprint density at radius 2 is 1.13 bits per heavy atom. The normalized spacial score (nSPS) is 16.0. The third-order valence-electron chi connectivity index (χ3n) is 2.43. The maximum Gasteiger partial charge on any atom is 0.0703 e. The minimum absolute atomic E-state index is 0.366. The first-order chi connectivity index (χ1) is 6.99. The Morgan fingerprint density at radius 1 is 0.800 bits per heavy atom. The van der Waals surface area contributed by atoms with Gasteiger partial charge >= 0.3 is 0 Å². The van der Waals surface area contributed by atoms with Gasteiger partial charge in [-0.3, -0.25) is 0 Å². The fraction of sp³-hybridized carbons (Fsp3) is 1.00. The third-order valence-corrected chi connectivity index (χ3v) is 2.43. The summed E-state index contributed by atoms with van der Waals surface area (Å²) in [4.78, 5) is 4.38. The van der Waals surface area contributed by atoms with Crippen LogP contribution in [0, 0.1) is 0 Å². The first-order valence-corrected chi connectivity index (χ1v) is 5.94. The highest BCUT2D eigenvalue weighted by Crippen LogP contribution is 2.08. The van der Waals surface area contributed by atoms with Gasteiger partial charge in [-0.25, -0.2) is 0 Å². The van der Waals surface area contributed by atoms with Gasteiger partial charge in [0.15, 0.2) is 0 Å². The number of ether oxygens (including phenoxy) is 1. The van der Waals surface area contributed by atoms with Crippen molar-refractivity contribution in [3.8, 4) is 0 Å². The van der Waals surface area contributed by atoms with Gasteiger partial charge < -0.3 is 14.5 Å². The van der Waals surface area contributed by atoms with Gasteiger partial charge in [0.2, 0.25) is 0 Å². The van der Waals surface area contributed by atoms with E-state index >= 15 is 0 Å². The zero-order chi connectivity index (χ0) is 11.8. The molecule has 0 N–H and O–H groups in total. The molecule has 0 aromatic heterocycles. The van der Waals surface area contributed by atoms with Crippen molar-refractivity contribution >= 4 is 0 Å². The lowest BCUT2D eigenvalue weighted by atomic mass is 10.2. The number of nitrogens with zero attached hydrogens (tertiary/aromatic N) is 2. The first kappa shape index (κ1) is 14.9. The van der Waals surface area contributed by atoms with E-state index in [-0.39, 0.29) is 0 Å². The van der Waals surface area contributed by atoms with Gasteiger partial charge in [-0.05, 0) is 41.0 Å². The molecule has 0 saturated carbocycles. The largest absolute Gasteiger partial charge is 0.372 e. The molecular weight excluding hydrogens is 188 g/mol. The SMILES string of the molecule is CCC(CN(C)C)OC(CC)CN(C)C. The number of hydrogen-bond acceptors (Lipinski definition) is 3. The average molecular weight is 216 g/mol. The van der Waals surface area contributed by atoms with Gasteiger partial charge in [0, 0.05) is 13.1 Å². The van der Waals surface area contributed by atoms with Crippen LogP contribution in [0.4, 0.5) is 0 Å². The average Bonchev–Trinajstić information content (AvgIpc) is 2.14. The third kappa shape index (κ3) is 7.77. The van der Waals surface area contributed by atoms with Crippen LogP contribution in [0.1, 0.15) is 26.7 Å². The summed E-state index contributed by atoms with van der Waals surface area (Å²) in [5.74, 6) is 0. The van der Waals surface area contributed by atoms with E-state index in [0.29, 0.717) is 12.2 Å². The Balaban J connectivity index is 3.99. The number of likely N-dealkylation sites (N-methyl/N-ethyl adjacent to an activating group) is 2. The molecule has 0 aromatic rings. The maximum absolute atomic E-state index is 6.09. The molecule has 0 heterocycles. The molecule has 2 atom stereocenters. The van der Waals surface area contributed by atoms with E-state index in [1.165, 1.54) is 0 Å². The van der Waals surface area contributed by atoms with Crippen LogP contribution in [-0.4, -0.2) is 63.3 Å². The van der Waals surface area contributed by atoms with Gasteiger partial charge in [0.05, 0.1) is 12.2 Å². The molecule has 15 heavy (non-hydrogen) atoms. The molecule has 0 aliphatic heterocycles. The molecule has 0 aromatic carbocycles. The minimum atomic E-state index is 0.366. The van der Waals surface area contributed by atoms with Crippen molar-refractivity contribution < 1.29 is 4.74 Å². The van der Waals surface area contributed by atoms with Crippen LogP contribution in [0.5, 0.6) is 0 Å². The first-order valence-electron chi connectivity index (χ1n) is 5.94. The molecular formula is C12H28N2O. The molecule has 0 aliphatic rings. The highest BCUT2D eigenvalue weighted by atomic mass is 16.5. The predicted octanol–water partition coefficient (Wildman–Crippen LogP) is 1.68. The van der Waals surface area contributed by atoms with Gasteiger partial charge in [-0.2, -0.15) is 0 Å². The molecule has 3 nitrogen and oxygen atoms in total. The van der Waals surface area contributed by atoms with Crippen molar-refractivity contribution in [1.29, 1.82) is 0 Å². The zero-order valence-corrected chi connectivity index (χ0v) is 11.3. The van der Waals surface area contributed by atoms with Crippen LogP contribution in [0.2, 0.25) is 0 Å². The Bertz CT molecular complexity index is 133. The Labute approximate surface area is 95.4 Å². The van der Waals surface area contributed by atoms with Crippen LogP contribution in [-0.2, 0) is 4.74 Å². The molecule has 92 valence electrons. The summed E-state index contributed by atoms with van der Waals surface area (Å²) >= 11 is 0. The number of rotatable bonds is 8. The lowest BCUT2D eigenvalue weighted by molar-refractivity contribution is -0.0357. The highest BCUT2D eigenvalue weighted by Gasteiger charge is 2.15. The molecule has 0 rings (SSSR count). The van der Waals surface area contributed by atoms with E-state index in [1.807, 2.05) is 0 Å².